The normalized spacial score (nSPS) is 23.9. The number of likely N-dealkylation sites (tertiary alicyclic amines) is 1. The molecule has 0 radical (unpaired) electrons. The number of ketones is 1. The molecule has 1 amide bonds. The number of nitrogens with zero attached hydrogens (tertiary/aromatic N) is 2. The predicted molar refractivity (Wildman–Crippen MR) is 55.5 cm³/mol. The molecule has 15 heavy (non-hydrogen) atoms. The van der Waals surface area contributed by atoms with Gasteiger partial charge >= 0.3 is 0 Å². The Labute approximate surface area is 89.4 Å². The summed E-state index contributed by atoms with van der Waals surface area (Å²) < 4.78 is 0. The average molecular weight is 211 g/mol. The Morgan fingerprint density at radius 2 is 1.87 bits per heavy atom. The second-order valence-corrected chi connectivity index (χ2v) is 4.12. The zero-order valence-corrected chi connectivity index (χ0v) is 8.87. The van der Waals surface area contributed by atoms with Gasteiger partial charge in [-0.2, -0.15) is 0 Å². The lowest BCUT2D eigenvalue weighted by atomic mass is 10.3. The molecule has 2 rings (SSSR count). The van der Waals surface area contributed by atoms with E-state index >= 15 is 0 Å². The van der Waals surface area contributed by atoms with Crippen molar-refractivity contribution in [3.63, 3.8) is 0 Å². The van der Waals surface area contributed by atoms with Crippen LogP contribution >= 0.6 is 0 Å². The molecule has 2 heterocycles. The summed E-state index contributed by atoms with van der Waals surface area (Å²) in [4.78, 5) is 26.4. The first-order valence-electron chi connectivity index (χ1n) is 5.48. The Hall–Kier alpha value is -0.940. The molecule has 0 aromatic carbocycles. The van der Waals surface area contributed by atoms with Crippen LogP contribution in [0.4, 0.5) is 0 Å². The van der Waals surface area contributed by atoms with Crippen molar-refractivity contribution in [2.75, 3.05) is 45.8 Å². The van der Waals surface area contributed by atoms with Crippen molar-refractivity contribution in [1.29, 1.82) is 0 Å². The Balaban J connectivity index is 1.73. The minimum absolute atomic E-state index is 0.00451. The molecule has 2 fully saturated rings. The molecule has 2 saturated heterocycles. The van der Waals surface area contributed by atoms with Crippen LogP contribution in [0.2, 0.25) is 0 Å². The Morgan fingerprint density at radius 1 is 1.13 bits per heavy atom. The number of Topliss-reactive ketones (excluding diaryl/α,β-unsaturated/α-hetero) is 1. The molecule has 5 nitrogen and oxygen atoms in total. The monoisotopic (exact) mass is 211 g/mol. The van der Waals surface area contributed by atoms with E-state index in [9.17, 15) is 9.59 Å². The first kappa shape index (κ1) is 10.6. The highest BCUT2D eigenvalue weighted by molar-refractivity contribution is 6.05. The molecule has 0 unspecified atom stereocenters. The fraction of sp³-hybridized carbons (Fsp3) is 0.800. The zero-order valence-electron chi connectivity index (χ0n) is 8.87. The largest absolute Gasteiger partial charge is 0.334 e. The zero-order chi connectivity index (χ0) is 10.7. The van der Waals surface area contributed by atoms with Crippen LogP contribution in [0.1, 0.15) is 6.42 Å². The predicted octanol–water partition coefficient (Wildman–Crippen LogP) is -1.31. The third kappa shape index (κ3) is 2.76. The van der Waals surface area contributed by atoms with Gasteiger partial charge in [0.1, 0.15) is 0 Å². The van der Waals surface area contributed by atoms with Crippen LogP contribution in [0.3, 0.4) is 0 Å². The number of hydrogen-bond donors (Lipinski definition) is 1. The molecule has 0 spiro atoms. The molecule has 0 aromatic heterocycles. The van der Waals surface area contributed by atoms with Gasteiger partial charge in [-0.05, 0) is 0 Å². The van der Waals surface area contributed by atoms with Crippen molar-refractivity contribution in [3.05, 3.63) is 0 Å². The number of hydrogen-bond acceptors (Lipinski definition) is 4. The third-order valence-electron chi connectivity index (χ3n) is 2.96. The van der Waals surface area contributed by atoms with Crippen LogP contribution in [-0.4, -0.2) is 67.3 Å². The lowest BCUT2D eigenvalue weighted by Gasteiger charge is -2.28. The van der Waals surface area contributed by atoms with E-state index in [2.05, 4.69) is 10.2 Å². The van der Waals surface area contributed by atoms with Gasteiger partial charge in [0.05, 0.1) is 13.0 Å². The molecule has 1 N–H and O–H groups in total. The highest BCUT2D eigenvalue weighted by Crippen LogP contribution is 2.06. The topological polar surface area (TPSA) is 52.7 Å². The van der Waals surface area contributed by atoms with E-state index in [0.717, 1.165) is 32.7 Å². The molecule has 0 saturated carbocycles. The van der Waals surface area contributed by atoms with Crippen LogP contribution in [0, 0.1) is 0 Å². The van der Waals surface area contributed by atoms with Crippen molar-refractivity contribution in [2.24, 2.45) is 0 Å². The Bertz CT molecular complexity index is 261. The van der Waals surface area contributed by atoms with Crippen LogP contribution in [0.15, 0.2) is 0 Å². The van der Waals surface area contributed by atoms with E-state index in [0.29, 0.717) is 13.1 Å². The summed E-state index contributed by atoms with van der Waals surface area (Å²) >= 11 is 0. The van der Waals surface area contributed by atoms with Crippen molar-refractivity contribution >= 4 is 11.7 Å². The van der Waals surface area contributed by atoms with Gasteiger partial charge in [-0.25, -0.2) is 0 Å². The molecular weight excluding hydrogens is 194 g/mol. The first-order valence-corrected chi connectivity index (χ1v) is 5.48. The van der Waals surface area contributed by atoms with Gasteiger partial charge in [0.15, 0.2) is 5.78 Å². The second-order valence-electron chi connectivity index (χ2n) is 4.12. The molecule has 2 aliphatic heterocycles. The summed E-state index contributed by atoms with van der Waals surface area (Å²) in [5.41, 5.74) is 0. The van der Waals surface area contributed by atoms with Gasteiger partial charge in [0, 0.05) is 39.3 Å². The number of amides is 1. The lowest BCUT2D eigenvalue weighted by Crippen LogP contribution is -2.46. The first-order chi connectivity index (χ1) is 7.25. The summed E-state index contributed by atoms with van der Waals surface area (Å²) in [6, 6.07) is 0. The fourth-order valence-corrected chi connectivity index (χ4v) is 2.04. The van der Waals surface area contributed by atoms with Crippen LogP contribution < -0.4 is 5.32 Å². The van der Waals surface area contributed by atoms with E-state index in [-0.39, 0.29) is 18.1 Å². The smallest absolute Gasteiger partial charge is 0.230 e. The maximum Gasteiger partial charge on any atom is 0.230 e. The number of nitrogens with one attached hydrogen (secondary N) is 1. The molecular formula is C10H17N3O2. The maximum atomic E-state index is 11.3. The summed E-state index contributed by atoms with van der Waals surface area (Å²) in [6.07, 6.45) is 0.113. The highest BCUT2D eigenvalue weighted by atomic mass is 16.2. The van der Waals surface area contributed by atoms with Crippen molar-refractivity contribution in [1.82, 2.24) is 15.1 Å². The van der Waals surface area contributed by atoms with Gasteiger partial charge in [-0.1, -0.05) is 0 Å². The van der Waals surface area contributed by atoms with Crippen molar-refractivity contribution in [2.45, 2.75) is 6.42 Å². The van der Waals surface area contributed by atoms with E-state index in [1.807, 2.05) is 0 Å². The third-order valence-corrected chi connectivity index (χ3v) is 2.96. The summed E-state index contributed by atoms with van der Waals surface area (Å²) in [7, 11) is 0. The van der Waals surface area contributed by atoms with E-state index in [1.165, 1.54) is 0 Å². The average Bonchev–Trinajstić information content (AvgIpc) is 2.56. The van der Waals surface area contributed by atoms with E-state index < -0.39 is 0 Å². The van der Waals surface area contributed by atoms with E-state index in [4.69, 9.17) is 0 Å². The molecule has 84 valence electrons. The summed E-state index contributed by atoms with van der Waals surface area (Å²) in [5.74, 6) is 0.0513. The number of carbonyl (C=O) groups is 2. The summed E-state index contributed by atoms with van der Waals surface area (Å²) in [5, 5.41) is 3.28. The lowest BCUT2D eigenvalue weighted by molar-refractivity contribution is -0.128. The number of piperazine rings is 1. The van der Waals surface area contributed by atoms with Gasteiger partial charge in [-0.3, -0.25) is 14.5 Å². The SMILES string of the molecule is O=C1CC(=O)N(CCN2CCNCC2)C1. The molecule has 5 heteroatoms. The highest BCUT2D eigenvalue weighted by Gasteiger charge is 2.27. The van der Waals surface area contributed by atoms with Crippen LogP contribution in [0.5, 0.6) is 0 Å². The standard InChI is InChI=1S/C10H17N3O2/c14-9-7-10(15)13(8-9)6-5-12-3-1-11-2-4-12/h11H,1-8H2. The second kappa shape index (κ2) is 4.72. The van der Waals surface area contributed by atoms with Crippen molar-refractivity contribution < 1.29 is 9.59 Å². The number of rotatable bonds is 3. The molecule has 0 aromatic rings. The Morgan fingerprint density at radius 3 is 2.47 bits per heavy atom. The van der Waals surface area contributed by atoms with E-state index in [1.54, 1.807) is 4.90 Å². The fourth-order valence-electron chi connectivity index (χ4n) is 2.04. The summed E-state index contributed by atoms with van der Waals surface area (Å²) in [6.45, 7) is 6.03. The molecule has 0 aliphatic carbocycles. The van der Waals surface area contributed by atoms with Crippen LogP contribution in [0.25, 0.3) is 0 Å². The van der Waals surface area contributed by atoms with Gasteiger partial charge in [0.25, 0.3) is 0 Å². The minimum atomic E-state index is -0.00451. The van der Waals surface area contributed by atoms with Crippen molar-refractivity contribution in [3.8, 4) is 0 Å². The molecule has 2 aliphatic rings. The molecule has 0 bridgehead atoms. The maximum absolute atomic E-state index is 11.3. The molecule has 0 atom stereocenters. The minimum Gasteiger partial charge on any atom is -0.334 e. The van der Waals surface area contributed by atoms with Gasteiger partial charge in [-0.15, -0.1) is 0 Å². The van der Waals surface area contributed by atoms with Crippen LogP contribution in [-0.2, 0) is 9.59 Å². The van der Waals surface area contributed by atoms with Gasteiger partial charge in [0.2, 0.25) is 5.91 Å². The quantitative estimate of drug-likeness (QED) is 0.589. The van der Waals surface area contributed by atoms with Gasteiger partial charge < -0.3 is 10.2 Å². The number of carbonyl (C=O) groups excluding carboxylic acids is 2. The Kier molecular flexibility index (Phi) is 3.33.